The first-order valence-corrected chi connectivity index (χ1v) is 7.57. The third-order valence-electron chi connectivity index (χ3n) is 2.68. The molecule has 4 aromatic rings. The Kier molecular flexibility index (Phi) is 4.22. The predicted molar refractivity (Wildman–Crippen MR) is 90.5 cm³/mol. The van der Waals surface area contributed by atoms with Crippen LogP contribution in [0.1, 0.15) is 0 Å². The number of H-pyrrole nitrogens is 2. The highest BCUT2D eigenvalue weighted by molar-refractivity contribution is 14.1. The average molecular weight is 433 g/mol. The molecule has 0 unspecified atom stereocenters. The first-order chi connectivity index (χ1) is 10.2. The lowest BCUT2D eigenvalue weighted by molar-refractivity contribution is 1.20. The molecule has 9 heteroatoms. The van der Waals surface area contributed by atoms with Gasteiger partial charge >= 0.3 is 0 Å². The molecule has 0 aliphatic carbocycles. The maximum Gasteiger partial charge on any atom is 0.143 e. The Labute approximate surface area is 142 Å². The van der Waals surface area contributed by atoms with Crippen LogP contribution < -0.4 is 0 Å². The number of aromatic nitrogens is 6. The van der Waals surface area contributed by atoms with Gasteiger partial charge in [-0.15, -0.1) is 0 Å². The molecule has 6 nitrogen and oxygen atoms in total. The molecule has 0 saturated carbocycles. The highest BCUT2D eigenvalue weighted by Gasteiger charge is 2.05. The second-order valence-corrected chi connectivity index (χ2v) is 5.81. The Hall–Kier alpha value is -1.45. The van der Waals surface area contributed by atoms with Crippen LogP contribution in [0.5, 0.6) is 0 Å². The van der Waals surface area contributed by atoms with Crippen molar-refractivity contribution in [2.45, 2.75) is 0 Å². The lowest BCUT2D eigenvalue weighted by atomic mass is 10.4. The topological polar surface area (TPSA) is 83.1 Å². The fourth-order valence-corrected chi connectivity index (χ4v) is 2.99. The van der Waals surface area contributed by atoms with Gasteiger partial charge in [0, 0.05) is 16.0 Å². The highest BCUT2D eigenvalue weighted by atomic mass is 127. The summed E-state index contributed by atoms with van der Waals surface area (Å²) in [4.78, 5) is 21.6. The molecule has 0 amide bonds. The van der Waals surface area contributed by atoms with E-state index in [9.17, 15) is 0 Å². The van der Waals surface area contributed by atoms with Crippen LogP contribution in [0.25, 0.3) is 22.1 Å². The van der Waals surface area contributed by atoms with Crippen LogP contribution in [0, 0.1) is 3.57 Å². The second-order valence-electron chi connectivity index (χ2n) is 3.93. The van der Waals surface area contributed by atoms with Crippen molar-refractivity contribution in [1.82, 2.24) is 29.9 Å². The Morgan fingerprint density at radius 2 is 1.62 bits per heavy atom. The second kappa shape index (κ2) is 6.12. The molecule has 21 heavy (non-hydrogen) atoms. The molecular formula is C12H7Cl2IN6. The number of rotatable bonds is 0. The molecular weight excluding hydrogens is 426 g/mol. The van der Waals surface area contributed by atoms with E-state index in [-0.39, 0.29) is 0 Å². The summed E-state index contributed by atoms with van der Waals surface area (Å²) in [7, 11) is 0. The minimum atomic E-state index is 0.492. The Morgan fingerprint density at radius 3 is 2.33 bits per heavy atom. The zero-order valence-corrected chi connectivity index (χ0v) is 14.0. The largest absolute Gasteiger partial charge is 0.346 e. The first kappa shape index (κ1) is 14.5. The summed E-state index contributed by atoms with van der Waals surface area (Å²) in [5, 5.41) is 2.76. The minimum Gasteiger partial charge on any atom is -0.346 e. The normalized spacial score (nSPS) is 10.6. The zero-order chi connectivity index (χ0) is 14.8. The fourth-order valence-electron chi connectivity index (χ4n) is 1.73. The van der Waals surface area contributed by atoms with E-state index in [4.69, 9.17) is 23.2 Å². The van der Waals surface area contributed by atoms with Crippen LogP contribution in [-0.4, -0.2) is 29.9 Å². The number of fused-ring (bicyclic) bond motifs is 2. The SMILES string of the molecule is Clc1ncnc2[nH]cc(I)c12.Clc1ncnc2[nH]ccc12. The number of hydrogen-bond donors (Lipinski definition) is 2. The number of halogens is 3. The average Bonchev–Trinajstić information content (AvgIpc) is 3.08. The van der Waals surface area contributed by atoms with E-state index in [0.29, 0.717) is 10.3 Å². The molecule has 2 N–H and O–H groups in total. The van der Waals surface area contributed by atoms with E-state index in [0.717, 1.165) is 25.6 Å². The van der Waals surface area contributed by atoms with Crippen LogP contribution >= 0.6 is 45.8 Å². The van der Waals surface area contributed by atoms with Crippen LogP contribution in [0.4, 0.5) is 0 Å². The number of hydrogen-bond acceptors (Lipinski definition) is 4. The lowest BCUT2D eigenvalue weighted by Crippen LogP contribution is -1.80. The smallest absolute Gasteiger partial charge is 0.143 e. The molecule has 0 bridgehead atoms. The summed E-state index contributed by atoms with van der Waals surface area (Å²) < 4.78 is 1.04. The van der Waals surface area contributed by atoms with Crippen LogP contribution in [-0.2, 0) is 0 Å². The van der Waals surface area contributed by atoms with Gasteiger partial charge in [0.25, 0.3) is 0 Å². The highest BCUT2D eigenvalue weighted by Crippen LogP contribution is 2.23. The van der Waals surface area contributed by atoms with Crippen molar-refractivity contribution >= 4 is 67.9 Å². The minimum absolute atomic E-state index is 0.492. The predicted octanol–water partition coefficient (Wildman–Crippen LogP) is 3.83. The molecule has 0 aromatic carbocycles. The van der Waals surface area contributed by atoms with Gasteiger partial charge in [0.1, 0.15) is 34.3 Å². The summed E-state index contributed by atoms with van der Waals surface area (Å²) >= 11 is 13.7. The molecule has 4 heterocycles. The first-order valence-electron chi connectivity index (χ1n) is 5.73. The van der Waals surface area contributed by atoms with E-state index >= 15 is 0 Å². The molecule has 106 valence electrons. The number of nitrogens with one attached hydrogen (secondary N) is 2. The van der Waals surface area contributed by atoms with E-state index < -0.39 is 0 Å². The third kappa shape index (κ3) is 2.94. The van der Waals surface area contributed by atoms with Gasteiger partial charge in [-0.05, 0) is 28.7 Å². The van der Waals surface area contributed by atoms with Crippen LogP contribution in [0.3, 0.4) is 0 Å². The van der Waals surface area contributed by atoms with Crippen LogP contribution in [0.15, 0.2) is 31.1 Å². The molecule has 4 aromatic heterocycles. The van der Waals surface area contributed by atoms with Crippen molar-refractivity contribution in [2.75, 3.05) is 0 Å². The summed E-state index contributed by atoms with van der Waals surface area (Å²) in [6.07, 6.45) is 6.51. The zero-order valence-electron chi connectivity index (χ0n) is 10.3. The molecule has 0 aliphatic rings. The number of aromatic amines is 2. The molecule has 0 spiro atoms. The van der Waals surface area contributed by atoms with Crippen molar-refractivity contribution < 1.29 is 0 Å². The van der Waals surface area contributed by atoms with Crippen molar-refractivity contribution in [1.29, 1.82) is 0 Å². The number of nitrogens with zero attached hydrogens (tertiary/aromatic N) is 4. The van der Waals surface area contributed by atoms with E-state index in [1.54, 1.807) is 6.20 Å². The van der Waals surface area contributed by atoms with Crippen molar-refractivity contribution in [3.8, 4) is 0 Å². The summed E-state index contributed by atoms with van der Waals surface area (Å²) in [6.45, 7) is 0. The molecule has 0 fully saturated rings. The van der Waals surface area contributed by atoms with Gasteiger partial charge in [0.15, 0.2) is 0 Å². The monoisotopic (exact) mass is 432 g/mol. The summed E-state index contributed by atoms with van der Waals surface area (Å²) in [6, 6.07) is 1.84. The van der Waals surface area contributed by atoms with Gasteiger partial charge in [-0.25, -0.2) is 19.9 Å². The molecule has 0 atom stereocenters. The Bertz CT molecular complexity index is 903. The van der Waals surface area contributed by atoms with Crippen LogP contribution in [0.2, 0.25) is 10.3 Å². The molecule has 0 aliphatic heterocycles. The van der Waals surface area contributed by atoms with Gasteiger partial charge in [0.05, 0.1) is 10.8 Å². The van der Waals surface area contributed by atoms with Crippen molar-refractivity contribution in [2.24, 2.45) is 0 Å². The maximum absolute atomic E-state index is 5.83. The summed E-state index contributed by atoms with van der Waals surface area (Å²) in [5.74, 6) is 0. The van der Waals surface area contributed by atoms with Crippen molar-refractivity contribution in [3.05, 3.63) is 45.0 Å². The molecule has 4 rings (SSSR count). The van der Waals surface area contributed by atoms with Gasteiger partial charge in [-0.1, -0.05) is 23.2 Å². The van der Waals surface area contributed by atoms with Gasteiger partial charge in [-0.3, -0.25) is 0 Å². The Balaban J connectivity index is 0.000000126. The lowest BCUT2D eigenvalue weighted by Gasteiger charge is -1.90. The quantitative estimate of drug-likeness (QED) is 0.326. The third-order valence-corrected chi connectivity index (χ3v) is 4.12. The van der Waals surface area contributed by atoms with Gasteiger partial charge in [0.2, 0.25) is 0 Å². The maximum atomic E-state index is 5.83. The Morgan fingerprint density at radius 1 is 0.905 bits per heavy atom. The van der Waals surface area contributed by atoms with E-state index in [1.807, 2.05) is 12.3 Å². The van der Waals surface area contributed by atoms with Gasteiger partial charge in [-0.2, -0.15) is 0 Å². The van der Waals surface area contributed by atoms with E-state index in [1.165, 1.54) is 12.7 Å². The molecule has 0 radical (unpaired) electrons. The fraction of sp³-hybridized carbons (Fsp3) is 0. The van der Waals surface area contributed by atoms with E-state index in [2.05, 4.69) is 52.5 Å². The molecule has 0 saturated heterocycles. The van der Waals surface area contributed by atoms with Crippen molar-refractivity contribution in [3.63, 3.8) is 0 Å². The van der Waals surface area contributed by atoms with Gasteiger partial charge < -0.3 is 9.97 Å². The standard InChI is InChI=1S/C6H3ClIN3.C6H4ClN3/c7-5-4-3(8)1-9-6(4)11-2-10-5;7-5-4-1-2-8-6(4)10-3-9-5/h1-2H,(H,9,10,11);1-3H,(H,8,9,10). The summed E-state index contributed by atoms with van der Waals surface area (Å²) in [5.41, 5.74) is 1.56.